The van der Waals surface area contributed by atoms with Gasteiger partial charge in [0.05, 0.1) is 12.6 Å². The number of rotatable bonds is 3. The normalized spacial score (nSPS) is 25.1. The zero-order valence-corrected chi connectivity index (χ0v) is 11.2. The second kappa shape index (κ2) is 6.85. The van der Waals surface area contributed by atoms with Crippen molar-refractivity contribution in [2.45, 2.75) is 25.1 Å². The van der Waals surface area contributed by atoms with Crippen LogP contribution in [-0.4, -0.2) is 34.5 Å². The van der Waals surface area contributed by atoms with Gasteiger partial charge in [0.15, 0.2) is 4.38 Å². The van der Waals surface area contributed by atoms with Crippen LogP contribution in [-0.2, 0) is 9.53 Å². The van der Waals surface area contributed by atoms with Crippen molar-refractivity contribution in [2.24, 2.45) is 5.10 Å². The molecule has 0 aliphatic carbocycles. The largest absolute Gasteiger partial charge is 0.465 e. The van der Waals surface area contributed by atoms with Crippen LogP contribution in [0.15, 0.2) is 17.3 Å². The van der Waals surface area contributed by atoms with E-state index in [0.29, 0.717) is 6.61 Å². The third-order valence-corrected chi connectivity index (χ3v) is 4.21. The summed E-state index contributed by atoms with van der Waals surface area (Å²) < 4.78 is 5.91. The molecule has 1 N–H and O–H groups in total. The maximum atomic E-state index is 11.8. The van der Waals surface area contributed by atoms with E-state index in [1.165, 1.54) is 23.5 Å². The summed E-state index contributed by atoms with van der Waals surface area (Å²) in [5.41, 5.74) is 2.97. The molecule has 0 saturated heterocycles. The van der Waals surface area contributed by atoms with E-state index in [-0.39, 0.29) is 17.3 Å². The number of carbonyl (C=O) groups excluding carboxylic acids is 1. The van der Waals surface area contributed by atoms with E-state index >= 15 is 0 Å². The van der Waals surface area contributed by atoms with Gasteiger partial charge in [-0.15, -0.1) is 11.8 Å². The summed E-state index contributed by atoms with van der Waals surface area (Å²) in [6, 6.07) is -0.0926. The van der Waals surface area contributed by atoms with Gasteiger partial charge in [-0.05, 0) is 20.1 Å². The van der Waals surface area contributed by atoms with Crippen molar-refractivity contribution < 1.29 is 9.53 Å². The van der Waals surface area contributed by atoms with Gasteiger partial charge in [0.25, 0.3) is 0 Å². The van der Waals surface area contributed by atoms with Crippen LogP contribution in [0.5, 0.6) is 0 Å². The molecule has 0 aromatic rings. The minimum absolute atomic E-state index is 0.0926. The second-order valence-corrected chi connectivity index (χ2v) is 5.24. The number of hydrazone groups is 1. The molecule has 0 spiro atoms. The molecular weight excluding hydrogens is 244 g/mol. The number of nitrogens with one attached hydrogen (secondary N) is 1. The molecule has 1 rings (SSSR count). The van der Waals surface area contributed by atoms with Crippen molar-refractivity contribution in [1.82, 2.24) is 5.43 Å². The second-order valence-electron chi connectivity index (χ2n) is 3.05. The molecule has 0 aromatic heterocycles. The van der Waals surface area contributed by atoms with Crippen LogP contribution < -0.4 is 5.43 Å². The van der Waals surface area contributed by atoms with Gasteiger partial charge in [-0.2, -0.15) is 5.10 Å². The van der Waals surface area contributed by atoms with Crippen LogP contribution in [0.1, 0.15) is 13.8 Å². The highest BCUT2D eigenvalue weighted by Crippen LogP contribution is 2.27. The number of nitrogens with zero attached hydrogens (tertiary/aromatic N) is 1. The molecule has 0 bridgehead atoms. The molecule has 0 radical (unpaired) electrons. The van der Waals surface area contributed by atoms with Crippen LogP contribution in [0.3, 0.4) is 0 Å². The Morgan fingerprint density at radius 3 is 3.06 bits per heavy atom. The summed E-state index contributed by atoms with van der Waals surface area (Å²) in [5, 5.41) is 3.92. The average molecular weight is 260 g/mol. The number of carbonyl (C=O) groups is 1. The summed E-state index contributed by atoms with van der Waals surface area (Å²) in [7, 11) is 0. The van der Waals surface area contributed by atoms with E-state index in [9.17, 15) is 4.79 Å². The topological polar surface area (TPSA) is 50.7 Å². The first-order valence-corrected chi connectivity index (χ1v) is 7.16. The van der Waals surface area contributed by atoms with Crippen LogP contribution in [0, 0.1) is 0 Å². The Hall–Kier alpha value is -0.620. The minimum Gasteiger partial charge on any atom is -0.465 e. The first-order valence-electron chi connectivity index (χ1n) is 5.06. The van der Waals surface area contributed by atoms with Gasteiger partial charge < -0.3 is 4.74 Å². The van der Waals surface area contributed by atoms with Crippen molar-refractivity contribution in [1.29, 1.82) is 0 Å². The van der Waals surface area contributed by atoms with Crippen LogP contribution in [0.4, 0.5) is 0 Å². The highest BCUT2D eigenvalue weighted by molar-refractivity contribution is 8.39. The van der Waals surface area contributed by atoms with Crippen molar-refractivity contribution in [3.63, 3.8) is 0 Å². The molecule has 0 saturated carbocycles. The standard InChI is InChI=1S/C10H16N2O2S2/c1-4-6-7-8(9(13)14-5-2)16-10(15-3)12-11-7/h4,6-8,11H,5H2,1-3H3/b6-4+/t7-,8+/m1/s1. The van der Waals surface area contributed by atoms with Crippen molar-refractivity contribution >= 4 is 33.9 Å². The lowest BCUT2D eigenvalue weighted by Crippen LogP contribution is -2.43. The molecule has 16 heavy (non-hydrogen) atoms. The Morgan fingerprint density at radius 2 is 2.50 bits per heavy atom. The summed E-state index contributed by atoms with van der Waals surface area (Å²) in [6.45, 7) is 4.14. The van der Waals surface area contributed by atoms with Crippen LogP contribution in [0.25, 0.3) is 0 Å². The molecule has 4 nitrogen and oxygen atoms in total. The van der Waals surface area contributed by atoms with Crippen LogP contribution in [0.2, 0.25) is 0 Å². The number of hydrogen-bond acceptors (Lipinski definition) is 6. The molecule has 1 aliphatic rings. The summed E-state index contributed by atoms with van der Waals surface area (Å²) in [6.07, 6.45) is 5.77. The Balaban J connectivity index is 2.76. The molecule has 6 heteroatoms. The SMILES string of the molecule is C/C=C/[C@H]1NN=C(SC)S[C@@H]1C(=O)OCC. The smallest absolute Gasteiger partial charge is 0.322 e. The van der Waals surface area contributed by atoms with E-state index in [0.717, 1.165) is 4.38 Å². The van der Waals surface area contributed by atoms with Gasteiger partial charge in [-0.1, -0.05) is 23.9 Å². The van der Waals surface area contributed by atoms with Gasteiger partial charge in [0, 0.05) is 0 Å². The first-order chi connectivity index (χ1) is 7.72. The fourth-order valence-electron chi connectivity index (χ4n) is 1.27. The molecule has 0 amide bonds. The quantitative estimate of drug-likeness (QED) is 0.620. The predicted octanol–water partition coefficient (Wildman–Crippen LogP) is 1.83. The molecule has 0 aromatic carbocycles. The van der Waals surface area contributed by atoms with E-state index in [1.54, 1.807) is 0 Å². The number of ether oxygens (including phenoxy) is 1. The Bertz CT molecular complexity index is 305. The molecular formula is C10H16N2O2S2. The summed E-state index contributed by atoms with van der Waals surface area (Å²) in [5.74, 6) is -0.190. The van der Waals surface area contributed by atoms with Crippen molar-refractivity contribution in [3.8, 4) is 0 Å². The first kappa shape index (κ1) is 13.4. The Morgan fingerprint density at radius 1 is 1.75 bits per heavy atom. The lowest BCUT2D eigenvalue weighted by molar-refractivity contribution is -0.142. The van der Waals surface area contributed by atoms with Gasteiger partial charge in [0.2, 0.25) is 0 Å². The summed E-state index contributed by atoms with van der Waals surface area (Å²) >= 11 is 2.98. The molecule has 0 fully saturated rings. The van der Waals surface area contributed by atoms with Gasteiger partial charge in [-0.3, -0.25) is 10.2 Å². The van der Waals surface area contributed by atoms with Gasteiger partial charge in [0.1, 0.15) is 5.25 Å². The summed E-state index contributed by atoms with van der Waals surface area (Å²) in [4.78, 5) is 11.8. The minimum atomic E-state index is -0.254. The third kappa shape index (κ3) is 3.45. The highest BCUT2D eigenvalue weighted by Gasteiger charge is 2.33. The number of hydrogen-bond donors (Lipinski definition) is 1. The fraction of sp³-hybridized carbons (Fsp3) is 0.600. The fourth-order valence-corrected chi connectivity index (χ4v) is 2.89. The molecule has 1 aliphatic heterocycles. The predicted molar refractivity (Wildman–Crippen MR) is 70.7 cm³/mol. The zero-order chi connectivity index (χ0) is 12.0. The van der Waals surface area contributed by atoms with Crippen molar-refractivity contribution in [2.75, 3.05) is 12.9 Å². The molecule has 2 atom stereocenters. The highest BCUT2D eigenvalue weighted by atomic mass is 32.2. The number of esters is 1. The van der Waals surface area contributed by atoms with Crippen molar-refractivity contribution in [3.05, 3.63) is 12.2 Å². The van der Waals surface area contributed by atoms with E-state index in [1.807, 2.05) is 32.3 Å². The van der Waals surface area contributed by atoms with Gasteiger partial charge >= 0.3 is 5.97 Å². The maximum Gasteiger partial charge on any atom is 0.322 e. The number of allylic oxidation sites excluding steroid dienone is 1. The van der Waals surface area contributed by atoms with E-state index < -0.39 is 0 Å². The third-order valence-electron chi connectivity index (χ3n) is 1.95. The number of thioether (sulfide) groups is 2. The monoisotopic (exact) mass is 260 g/mol. The van der Waals surface area contributed by atoms with Crippen LogP contribution >= 0.6 is 23.5 Å². The Labute approximate surface area is 104 Å². The molecule has 1 heterocycles. The van der Waals surface area contributed by atoms with Gasteiger partial charge in [-0.25, -0.2) is 0 Å². The zero-order valence-electron chi connectivity index (χ0n) is 9.60. The average Bonchev–Trinajstić information content (AvgIpc) is 2.30. The lowest BCUT2D eigenvalue weighted by atomic mass is 10.2. The van der Waals surface area contributed by atoms with E-state index in [2.05, 4.69) is 10.5 Å². The maximum absolute atomic E-state index is 11.8. The lowest BCUT2D eigenvalue weighted by Gasteiger charge is -2.26. The molecule has 0 unspecified atom stereocenters. The molecule has 90 valence electrons. The Kier molecular flexibility index (Phi) is 5.76. The van der Waals surface area contributed by atoms with E-state index in [4.69, 9.17) is 4.74 Å².